The molecule has 27 heavy (non-hydrogen) atoms. The summed E-state index contributed by atoms with van der Waals surface area (Å²) in [6.07, 6.45) is 1.65. The molecule has 1 fully saturated rings. The average Bonchev–Trinajstić information content (AvgIpc) is 3.23. The van der Waals surface area contributed by atoms with E-state index in [4.69, 9.17) is 9.47 Å². The highest BCUT2D eigenvalue weighted by atomic mass is 32.1. The molecule has 0 aliphatic carbocycles. The minimum Gasteiger partial charge on any atom is -0.486 e. The van der Waals surface area contributed by atoms with Crippen LogP contribution in [-0.2, 0) is 0 Å². The number of nitrogens with zero attached hydrogens (tertiary/aromatic N) is 1. The number of Topliss-reactive ketones (excluding diaryl/α,β-unsaturated/α-hetero) is 1. The van der Waals surface area contributed by atoms with E-state index >= 15 is 0 Å². The molecule has 6 nitrogen and oxygen atoms in total. The lowest BCUT2D eigenvalue weighted by Gasteiger charge is -2.32. The molecule has 2 amide bonds. The number of urea groups is 1. The molecule has 0 spiro atoms. The predicted molar refractivity (Wildman–Crippen MR) is 104 cm³/mol. The number of hydrogen-bond acceptors (Lipinski definition) is 5. The van der Waals surface area contributed by atoms with Crippen molar-refractivity contribution in [2.45, 2.75) is 19.8 Å². The number of amides is 2. The molecule has 1 saturated heterocycles. The highest BCUT2D eigenvalue weighted by Gasteiger charge is 2.29. The molecule has 7 heteroatoms. The van der Waals surface area contributed by atoms with Crippen LogP contribution in [0.1, 0.15) is 28.1 Å². The summed E-state index contributed by atoms with van der Waals surface area (Å²) in [4.78, 5) is 27.9. The standard InChI is InChI=1S/C20H22N2O4S/c1-13-10-16-17(26-8-7-25-16)11-15(13)21-20(24)22-6-2-4-14(12-22)19(23)18-5-3-9-27-18/h3,5,9-11,14H,2,4,6-8,12H2,1H3,(H,21,24)/t14-/m1/s1. The van der Waals surface area contributed by atoms with Gasteiger partial charge in [-0.3, -0.25) is 4.79 Å². The second kappa shape index (κ2) is 7.60. The van der Waals surface area contributed by atoms with Crippen LogP contribution >= 0.6 is 11.3 Å². The lowest BCUT2D eigenvalue weighted by Crippen LogP contribution is -2.44. The molecule has 1 aromatic carbocycles. The third kappa shape index (κ3) is 3.78. The van der Waals surface area contributed by atoms with Crippen molar-refractivity contribution in [3.8, 4) is 11.5 Å². The molecule has 1 aromatic heterocycles. The number of anilines is 1. The Labute approximate surface area is 162 Å². The van der Waals surface area contributed by atoms with Crippen LogP contribution in [0.2, 0.25) is 0 Å². The number of likely N-dealkylation sites (tertiary alicyclic amines) is 1. The summed E-state index contributed by atoms with van der Waals surface area (Å²) in [5, 5.41) is 4.87. The Morgan fingerprint density at radius 3 is 2.74 bits per heavy atom. The van der Waals surface area contributed by atoms with Crippen LogP contribution in [0.3, 0.4) is 0 Å². The number of piperidine rings is 1. The Hall–Kier alpha value is -2.54. The van der Waals surface area contributed by atoms with Crippen molar-refractivity contribution in [2.24, 2.45) is 5.92 Å². The Kier molecular flexibility index (Phi) is 5.03. The lowest BCUT2D eigenvalue weighted by molar-refractivity contribution is 0.0855. The number of thiophene rings is 1. The number of rotatable bonds is 3. The molecule has 2 aliphatic heterocycles. The van der Waals surface area contributed by atoms with Crippen molar-refractivity contribution in [1.29, 1.82) is 0 Å². The summed E-state index contributed by atoms with van der Waals surface area (Å²) < 4.78 is 11.2. The first-order valence-corrected chi connectivity index (χ1v) is 10.0. The number of aryl methyl sites for hydroxylation is 1. The fourth-order valence-corrected chi connectivity index (χ4v) is 4.26. The molecule has 0 unspecified atom stereocenters. The number of carbonyl (C=O) groups is 2. The molecular formula is C20H22N2O4S. The number of hydrogen-bond donors (Lipinski definition) is 1. The van der Waals surface area contributed by atoms with Gasteiger partial charge in [0.05, 0.1) is 4.88 Å². The van der Waals surface area contributed by atoms with Crippen LogP contribution in [0.25, 0.3) is 0 Å². The van der Waals surface area contributed by atoms with Crippen LogP contribution in [0.4, 0.5) is 10.5 Å². The van der Waals surface area contributed by atoms with Gasteiger partial charge in [0.25, 0.3) is 0 Å². The number of nitrogens with one attached hydrogen (secondary N) is 1. The maximum Gasteiger partial charge on any atom is 0.321 e. The summed E-state index contributed by atoms with van der Waals surface area (Å²) in [5.74, 6) is 1.35. The maximum atomic E-state index is 12.8. The van der Waals surface area contributed by atoms with E-state index in [1.165, 1.54) is 11.3 Å². The Bertz CT molecular complexity index is 850. The predicted octanol–water partition coefficient (Wildman–Crippen LogP) is 3.95. The minimum absolute atomic E-state index is 0.135. The normalized spacial score (nSPS) is 18.9. The molecule has 2 aliphatic rings. The molecule has 2 aromatic rings. The highest BCUT2D eigenvalue weighted by molar-refractivity contribution is 7.12. The van der Waals surface area contributed by atoms with Crippen LogP contribution in [0.5, 0.6) is 11.5 Å². The van der Waals surface area contributed by atoms with Gasteiger partial charge in [-0.2, -0.15) is 0 Å². The van der Waals surface area contributed by atoms with Gasteiger partial charge in [0.2, 0.25) is 0 Å². The van der Waals surface area contributed by atoms with E-state index in [2.05, 4.69) is 5.32 Å². The van der Waals surface area contributed by atoms with Crippen molar-refractivity contribution >= 4 is 28.8 Å². The quantitative estimate of drug-likeness (QED) is 0.811. The summed E-state index contributed by atoms with van der Waals surface area (Å²) in [6.45, 7) is 4.07. The van der Waals surface area contributed by atoms with Crippen LogP contribution in [0, 0.1) is 12.8 Å². The van der Waals surface area contributed by atoms with Crippen molar-refractivity contribution < 1.29 is 19.1 Å². The first kappa shape index (κ1) is 17.9. The van der Waals surface area contributed by atoms with E-state index in [1.807, 2.05) is 30.5 Å². The molecule has 0 saturated carbocycles. The highest BCUT2D eigenvalue weighted by Crippen LogP contribution is 2.35. The van der Waals surface area contributed by atoms with E-state index < -0.39 is 0 Å². The summed E-state index contributed by atoms with van der Waals surface area (Å²) in [7, 11) is 0. The summed E-state index contributed by atoms with van der Waals surface area (Å²) in [6, 6.07) is 7.24. The van der Waals surface area contributed by atoms with Gasteiger partial charge in [0, 0.05) is 30.8 Å². The topological polar surface area (TPSA) is 67.9 Å². The van der Waals surface area contributed by atoms with E-state index in [9.17, 15) is 9.59 Å². The first-order valence-electron chi connectivity index (χ1n) is 9.15. The van der Waals surface area contributed by atoms with Gasteiger partial charge in [-0.15, -0.1) is 11.3 Å². The van der Waals surface area contributed by atoms with Crippen LogP contribution < -0.4 is 14.8 Å². The molecule has 0 bridgehead atoms. The number of ketones is 1. The van der Waals surface area contributed by atoms with Gasteiger partial charge in [0.15, 0.2) is 17.3 Å². The molecule has 0 radical (unpaired) electrons. The number of benzene rings is 1. The lowest BCUT2D eigenvalue weighted by atomic mass is 9.93. The molecule has 4 rings (SSSR count). The van der Waals surface area contributed by atoms with E-state index in [-0.39, 0.29) is 17.7 Å². The third-order valence-electron chi connectivity index (χ3n) is 4.97. The molecular weight excluding hydrogens is 364 g/mol. The van der Waals surface area contributed by atoms with Gasteiger partial charge in [0.1, 0.15) is 13.2 Å². The van der Waals surface area contributed by atoms with E-state index in [0.717, 1.165) is 23.3 Å². The molecule has 1 N–H and O–H groups in total. The van der Waals surface area contributed by atoms with Gasteiger partial charge in [-0.1, -0.05) is 6.07 Å². The maximum absolute atomic E-state index is 12.8. The first-order chi connectivity index (χ1) is 13.1. The zero-order chi connectivity index (χ0) is 18.8. The smallest absolute Gasteiger partial charge is 0.321 e. The zero-order valence-corrected chi connectivity index (χ0v) is 16.0. The fraction of sp³-hybridized carbons (Fsp3) is 0.400. The zero-order valence-electron chi connectivity index (χ0n) is 15.2. The van der Waals surface area contributed by atoms with Gasteiger partial charge >= 0.3 is 6.03 Å². The average molecular weight is 386 g/mol. The number of ether oxygens (including phenoxy) is 2. The largest absolute Gasteiger partial charge is 0.486 e. The van der Waals surface area contributed by atoms with E-state index in [1.54, 1.807) is 11.0 Å². The summed E-state index contributed by atoms with van der Waals surface area (Å²) in [5.41, 5.74) is 1.62. The van der Waals surface area contributed by atoms with Gasteiger partial charge < -0.3 is 19.7 Å². The van der Waals surface area contributed by atoms with Crippen molar-refractivity contribution in [1.82, 2.24) is 4.90 Å². The van der Waals surface area contributed by atoms with Crippen LogP contribution in [0.15, 0.2) is 29.6 Å². The van der Waals surface area contributed by atoms with Crippen molar-refractivity contribution in [2.75, 3.05) is 31.6 Å². The number of carbonyl (C=O) groups excluding carboxylic acids is 2. The molecule has 1 atom stereocenters. The monoisotopic (exact) mass is 386 g/mol. The van der Waals surface area contributed by atoms with Crippen molar-refractivity contribution in [3.05, 3.63) is 40.1 Å². The molecule has 142 valence electrons. The number of fused-ring (bicyclic) bond motifs is 1. The van der Waals surface area contributed by atoms with Gasteiger partial charge in [-0.05, 0) is 42.8 Å². The van der Waals surface area contributed by atoms with E-state index in [0.29, 0.717) is 43.5 Å². The van der Waals surface area contributed by atoms with Gasteiger partial charge in [-0.25, -0.2) is 4.79 Å². The second-order valence-electron chi connectivity index (χ2n) is 6.87. The summed E-state index contributed by atoms with van der Waals surface area (Å²) >= 11 is 1.46. The minimum atomic E-state index is -0.182. The van der Waals surface area contributed by atoms with Crippen molar-refractivity contribution in [3.63, 3.8) is 0 Å². The molecule has 3 heterocycles. The second-order valence-corrected chi connectivity index (χ2v) is 7.82. The Balaban J connectivity index is 1.44. The Morgan fingerprint density at radius 2 is 2.00 bits per heavy atom. The Morgan fingerprint density at radius 1 is 1.22 bits per heavy atom. The third-order valence-corrected chi connectivity index (χ3v) is 5.86. The SMILES string of the molecule is Cc1cc2c(cc1NC(=O)N1CCC[C@@H](C(=O)c3cccs3)C1)OCCO2. The van der Waals surface area contributed by atoms with Crippen LogP contribution in [-0.4, -0.2) is 43.0 Å². The fourth-order valence-electron chi connectivity index (χ4n) is 3.51.